The monoisotopic (exact) mass is 384 g/mol. The topological polar surface area (TPSA) is 93.8 Å². The van der Waals surface area contributed by atoms with Crippen LogP contribution in [0.4, 0.5) is 0 Å². The first-order valence-corrected chi connectivity index (χ1v) is 9.11. The second kappa shape index (κ2) is 6.51. The van der Waals surface area contributed by atoms with Gasteiger partial charge in [-0.3, -0.25) is 14.2 Å². The van der Waals surface area contributed by atoms with Crippen molar-refractivity contribution in [3.05, 3.63) is 63.9 Å². The summed E-state index contributed by atoms with van der Waals surface area (Å²) in [5, 5.41) is 1.81. The minimum absolute atomic E-state index is 0.0217. The maximum absolute atomic E-state index is 13.2. The summed E-state index contributed by atoms with van der Waals surface area (Å²) in [6.07, 6.45) is 0. The number of nitrogens with two attached hydrogens (primary N) is 1. The normalized spacial score (nSPS) is 11.3. The molecular formula is C18H13ClN4O2S. The van der Waals surface area contributed by atoms with E-state index in [9.17, 15) is 9.59 Å². The molecule has 0 radical (unpaired) electrons. The molecule has 0 aliphatic heterocycles. The van der Waals surface area contributed by atoms with Crippen molar-refractivity contribution in [2.75, 3.05) is 5.75 Å². The van der Waals surface area contributed by atoms with Crippen molar-refractivity contribution in [2.24, 2.45) is 5.73 Å². The van der Waals surface area contributed by atoms with Crippen LogP contribution in [0.1, 0.15) is 0 Å². The van der Waals surface area contributed by atoms with Gasteiger partial charge in [0.15, 0.2) is 5.16 Å². The third kappa shape index (κ3) is 2.85. The maximum Gasteiger partial charge on any atom is 0.283 e. The van der Waals surface area contributed by atoms with E-state index in [1.807, 2.05) is 24.3 Å². The SMILES string of the molecule is NC(=O)CSc1nc2c([nH]c3ccccc32)c(=O)n1-c1ccc(Cl)cc1. The lowest BCUT2D eigenvalue weighted by Crippen LogP contribution is -2.23. The molecule has 130 valence electrons. The number of hydrogen-bond acceptors (Lipinski definition) is 4. The van der Waals surface area contributed by atoms with Gasteiger partial charge in [-0.1, -0.05) is 41.6 Å². The summed E-state index contributed by atoms with van der Waals surface area (Å²) in [4.78, 5) is 32.2. The van der Waals surface area contributed by atoms with E-state index in [1.54, 1.807) is 24.3 Å². The van der Waals surface area contributed by atoms with E-state index >= 15 is 0 Å². The van der Waals surface area contributed by atoms with Gasteiger partial charge in [-0.15, -0.1) is 0 Å². The Balaban J connectivity index is 2.03. The van der Waals surface area contributed by atoms with Gasteiger partial charge in [0.25, 0.3) is 5.56 Å². The second-order valence-electron chi connectivity index (χ2n) is 5.66. The van der Waals surface area contributed by atoms with Crippen LogP contribution in [0, 0.1) is 0 Å². The number of carbonyl (C=O) groups is 1. The molecule has 26 heavy (non-hydrogen) atoms. The minimum atomic E-state index is -0.481. The number of primary amides is 1. The fourth-order valence-electron chi connectivity index (χ4n) is 2.79. The first-order valence-electron chi connectivity index (χ1n) is 7.75. The number of para-hydroxylation sites is 1. The number of hydrogen-bond donors (Lipinski definition) is 2. The Hall–Kier alpha value is -2.77. The third-order valence-corrected chi connectivity index (χ3v) is 5.14. The van der Waals surface area contributed by atoms with Gasteiger partial charge in [0, 0.05) is 15.9 Å². The van der Waals surface area contributed by atoms with Gasteiger partial charge in [0.05, 0.1) is 11.4 Å². The van der Waals surface area contributed by atoms with E-state index in [4.69, 9.17) is 17.3 Å². The standard InChI is InChI=1S/C18H13ClN4O2S/c19-10-5-7-11(8-6-10)23-17(25)16-15(22-18(23)26-9-14(20)24)12-3-1-2-4-13(12)21-16/h1-8,21H,9H2,(H2,20,24). The number of rotatable bonds is 4. The van der Waals surface area contributed by atoms with Crippen LogP contribution in [0.15, 0.2) is 58.5 Å². The highest BCUT2D eigenvalue weighted by atomic mass is 35.5. The summed E-state index contributed by atoms with van der Waals surface area (Å²) >= 11 is 7.08. The van der Waals surface area contributed by atoms with E-state index in [2.05, 4.69) is 9.97 Å². The van der Waals surface area contributed by atoms with Gasteiger partial charge in [-0.2, -0.15) is 0 Å². The molecule has 2 aromatic heterocycles. The Morgan fingerprint density at radius 2 is 1.92 bits per heavy atom. The Morgan fingerprint density at radius 1 is 1.19 bits per heavy atom. The summed E-state index contributed by atoms with van der Waals surface area (Å²) in [6, 6.07) is 14.4. The maximum atomic E-state index is 13.2. The lowest BCUT2D eigenvalue weighted by molar-refractivity contribution is -0.115. The zero-order chi connectivity index (χ0) is 18.3. The first-order chi connectivity index (χ1) is 12.5. The van der Waals surface area contributed by atoms with Gasteiger partial charge in [-0.25, -0.2) is 4.98 Å². The Kier molecular flexibility index (Phi) is 4.18. The molecule has 0 aliphatic carbocycles. The zero-order valence-electron chi connectivity index (χ0n) is 13.4. The van der Waals surface area contributed by atoms with E-state index in [0.29, 0.717) is 26.9 Å². The summed E-state index contributed by atoms with van der Waals surface area (Å²) in [5.41, 5.74) is 7.44. The van der Waals surface area contributed by atoms with E-state index in [-0.39, 0.29) is 11.3 Å². The molecule has 3 N–H and O–H groups in total. The second-order valence-corrected chi connectivity index (χ2v) is 7.04. The molecule has 0 spiro atoms. The Labute approximate surface area is 157 Å². The predicted octanol–water partition coefficient (Wildman–Crippen LogP) is 3.10. The van der Waals surface area contributed by atoms with Gasteiger partial charge < -0.3 is 10.7 Å². The highest BCUT2D eigenvalue weighted by Crippen LogP contribution is 2.26. The van der Waals surface area contributed by atoms with Crippen molar-refractivity contribution < 1.29 is 4.79 Å². The molecule has 0 atom stereocenters. The van der Waals surface area contributed by atoms with Crippen molar-refractivity contribution in [1.82, 2.24) is 14.5 Å². The van der Waals surface area contributed by atoms with Gasteiger partial charge >= 0.3 is 0 Å². The van der Waals surface area contributed by atoms with Crippen LogP contribution in [-0.4, -0.2) is 26.2 Å². The van der Waals surface area contributed by atoms with Crippen LogP contribution in [0.2, 0.25) is 5.02 Å². The molecule has 0 bridgehead atoms. The van der Waals surface area contributed by atoms with Gasteiger partial charge in [0.1, 0.15) is 11.0 Å². The van der Waals surface area contributed by atoms with Crippen molar-refractivity contribution in [1.29, 1.82) is 0 Å². The summed E-state index contributed by atoms with van der Waals surface area (Å²) < 4.78 is 1.46. The molecule has 0 unspecified atom stereocenters. The van der Waals surface area contributed by atoms with Gasteiger partial charge in [0.2, 0.25) is 5.91 Å². The van der Waals surface area contributed by atoms with E-state index in [0.717, 1.165) is 22.7 Å². The predicted molar refractivity (Wildman–Crippen MR) is 104 cm³/mol. The number of nitrogens with one attached hydrogen (secondary N) is 1. The summed E-state index contributed by atoms with van der Waals surface area (Å²) in [6.45, 7) is 0. The van der Waals surface area contributed by atoms with E-state index in [1.165, 1.54) is 4.57 Å². The molecular weight excluding hydrogens is 372 g/mol. The number of carbonyl (C=O) groups excluding carboxylic acids is 1. The summed E-state index contributed by atoms with van der Waals surface area (Å²) in [7, 11) is 0. The molecule has 8 heteroatoms. The lowest BCUT2D eigenvalue weighted by Gasteiger charge is -2.11. The number of benzene rings is 2. The number of fused-ring (bicyclic) bond motifs is 3. The zero-order valence-corrected chi connectivity index (χ0v) is 15.0. The van der Waals surface area contributed by atoms with E-state index < -0.39 is 5.91 Å². The highest BCUT2D eigenvalue weighted by Gasteiger charge is 2.17. The van der Waals surface area contributed by atoms with Crippen molar-refractivity contribution in [3.8, 4) is 5.69 Å². The molecule has 0 saturated heterocycles. The molecule has 2 heterocycles. The van der Waals surface area contributed by atoms with Crippen LogP contribution >= 0.6 is 23.4 Å². The van der Waals surface area contributed by atoms with Crippen LogP contribution in [0.25, 0.3) is 27.6 Å². The quantitative estimate of drug-likeness (QED) is 0.417. The lowest BCUT2D eigenvalue weighted by atomic mass is 10.2. The molecule has 4 rings (SSSR count). The summed E-state index contributed by atoms with van der Waals surface area (Å²) in [5.74, 6) is -0.459. The molecule has 0 fully saturated rings. The molecule has 4 aromatic rings. The first kappa shape index (κ1) is 16.7. The van der Waals surface area contributed by atoms with Crippen LogP contribution in [0.3, 0.4) is 0 Å². The average molecular weight is 385 g/mol. The number of amides is 1. The van der Waals surface area contributed by atoms with Crippen molar-refractivity contribution >= 4 is 51.2 Å². The molecule has 6 nitrogen and oxygen atoms in total. The largest absolute Gasteiger partial charge is 0.369 e. The fraction of sp³-hybridized carbons (Fsp3) is 0.0556. The number of aromatic amines is 1. The molecule has 1 amide bonds. The number of halogens is 1. The molecule has 0 aliphatic rings. The Morgan fingerprint density at radius 3 is 2.65 bits per heavy atom. The van der Waals surface area contributed by atoms with Crippen LogP contribution in [0.5, 0.6) is 0 Å². The fourth-order valence-corrected chi connectivity index (χ4v) is 3.66. The molecule has 2 aromatic carbocycles. The Bertz CT molecular complexity index is 1200. The number of aromatic nitrogens is 3. The minimum Gasteiger partial charge on any atom is -0.369 e. The molecule has 0 saturated carbocycles. The number of nitrogens with zero attached hydrogens (tertiary/aromatic N) is 2. The van der Waals surface area contributed by atoms with Crippen molar-refractivity contribution in [3.63, 3.8) is 0 Å². The highest BCUT2D eigenvalue weighted by molar-refractivity contribution is 7.99. The smallest absolute Gasteiger partial charge is 0.283 e. The third-order valence-electron chi connectivity index (χ3n) is 3.92. The van der Waals surface area contributed by atoms with Crippen LogP contribution < -0.4 is 11.3 Å². The number of H-pyrrole nitrogens is 1. The number of thioether (sulfide) groups is 1. The van der Waals surface area contributed by atoms with Crippen molar-refractivity contribution in [2.45, 2.75) is 5.16 Å². The average Bonchev–Trinajstić information content (AvgIpc) is 3.00. The van der Waals surface area contributed by atoms with Gasteiger partial charge in [-0.05, 0) is 30.3 Å². The van der Waals surface area contributed by atoms with Crippen LogP contribution in [-0.2, 0) is 4.79 Å².